The molecule has 4 nitrogen and oxygen atoms in total. The Kier molecular flexibility index (Phi) is 4.73. The Labute approximate surface area is 108 Å². The van der Waals surface area contributed by atoms with Crippen molar-refractivity contribution in [1.82, 2.24) is 10.6 Å². The fourth-order valence-corrected chi connectivity index (χ4v) is 2.09. The molecule has 1 fully saturated rings. The van der Waals surface area contributed by atoms with Crippen LogP contribution in [-0.2, 0) is 11.3 Å². The minimum Gasteiger partial charge on any atom is -0.376 e. The molecule has 0 bridgehead atoms. The summed E-state index contributed by atoms with van der Waals surface area (Å²) in [6.45, 7) is 2.24. The van der Waals surface area contributed by atoms with Crippen molar-refractivity contribution >= 4 is 5.91 Å². The predicted molar refractivity (Wildman–Crippen MR) is 70.5 cm³/mol. The number of hydrogen-bond donors (Lipinski definition) is 2. The molecular weight excluding hydrogens is 228 g/mol. The van der Waals surface area contributed by atoms with Crippen LogP contribution < -0.4 is 10.6 Å². The van der Waals surface area contributed by atoms with Gasteiger partial charge in [-0.3, -0.25) is 4.79 Å². The topological polar surface area (TPSA) is 50.4 Å². The zero-order chi connectivity index (χ0) is 12.8. The fourth-order valence-electron chi connectivity index (χ4n) is 2.09. The largest absolute Gasteiger partial charge is 0.376 e. The maximum atomic E-state index is 11.9. The van der Waals surface area contributed by atoms with E-state index in [2.05, 4.69) is 10.6 Å². The van der Waals surface area contributed by atoms with Crippen molar-refractivity contribution in [2.45, 2.75) is 25.5 Å². The Bertz CT molecular complexity index is 383. The van der Waals surface area contributed by atoms with Crippen molar-refractivity contribution in [2.24, 2.45) is 0 Å². The number of benzene rings is 1. The number of carbonyl (C=O) groups is 1. The molecule has 98 valence electrons. The Hall–Kier alpha value is -1.39. The lowest BCUT2D eigenvalue weighted by Crippen LogP contribution is -2.31. The van der Waals surface area contributed by atoms with Gasteiger partial charge in [0.25, 0.3) is 5.91 Å². The predicted octanol–water partition coefficient (Wildman–Crippen LogP) is 1.31. The van der Waals surface area contributed by atoms with Crippen molar-refractivity contribution in [2.75, 3.05) is 20.2 Å². The Morgan fingerprint density at radius 2 is 2.17 bits per heavy atom. The van der Waals surface area contributed by atoms with E-state index in [1.165, 1.54) is 5.56 Å². The standard InChI is InChI=1S/C14H20N2O2/c1-15-9-11-4-6-12(7-5-11)14(17)16-10-13-3-2-8-18-13/h4-7,13,15H,2-3,8-10H2,1H3,(H,16,17). The lowest BCUT2D eigenvalue weighted by molar-refractivity contribution is 0.0858. The highest BCUT2D eigenvalue weighted by Gasteiger charge is 2.16. The van der Waals surface area contributed by atoms with Crippen LogP contribution in [0.3, 0.4) is 0 Å². The molecule has 0 aliphatic carbocycles. The first kappa shape index (κ1) is 13.1. The van der Waals surface area contributed by atoms with Crippen LogP contribution >= 0.6 is 0 Å². The molecule has 18 heavy (non-hydrogen) atoms. The minimum atomic E-state index is -0.0264. The van der Waals surface area contributed by atoms with E-state index in [9.17, 15) is 4.79 Å². The number of ether oxygens (including phenoxy) is 1. The van der Waals surface area contributed by atoms with E-state index in [1.54, 1.807) is 0 Å². The van der Waals surface area contributed by atoms with E-state index in [0.29, 0.717) is 12.1 Å². The number of hydrogen-bond acceptors (Lipinski definition) is 3. The third-order valence-corrected chi connectivity index (χ3v) is 3.11. The van der Waals surface area contributed by atoms with Gasteiger partial charge in [-0.25, -0.2) is 0 Å². The Balaban J connectivity index is 1.83. The quantitative estimate of drug-likeness (QED) is 0.826. The van der Waals surface area contributed by atoms with Gasteiger partial charge in [-0.1, -0.05) is 12.1 Å². The summed E-state index contributed by atoms with van der Waals surface area (Å²) in [5.74, 6) is -0.0264. The van der Waals surface area contributed by atoms with Gasteiger partial charge in [-0.05, 0) is 37.6 Å². The highest BCUT2D eigenvalue weighted by atomic mass is 16.5. The molecule has 0 saturated carbocycles. The van der Waals surface area contributed by atoms with Gasteiger partial charge in [-0.2, -0.15) is 0 Å². The number of carbonyl (C=O) groups excluding carboxylic acids is 1. The van der Waals surface area contributed by atoms with Crippen LogP contribution in [0.15, 0.2) is 24.3 Å². The third kappa shape index (κ3) is 3.55. The van der Waals surface area contributed by atoms with Gasteiger partial charge in [0, 0.05) is 25.3 Å². The van der Waals surface area contributed by atoms with Crippen molar-refractivity contribution in [3.8, 4) is 0 Å². The molecule has 1 heterocycles. The summed E-state index contributed by atoms with van der Waals surface area (Å²) < 4.78 is 5.47. The molecule has 0 aromatic heterocycles. The first-order valence-electron chi connectivity index (χ1n) is 6.43. The fraction of sp³-hybridized carbons (Fsp3) is 0.500. The van der Waals surface area contributed by atoms with Gasteiger partial charge in [0.1, 0.15) is 0 Å². The van der Waals surface area contributed by atoms with Crippen LogP contribution in [0.25, 0.3) is 0 Å². The second-order valence-corrected chi connectivity index (χ2v) is 4.57. The molecule has 0 radical (unpaired) electrons. The number of rotatable bonds is 5. The van der Waals surface area contributed by atoms with Crippen molar-refractivity contribution in [1.29, 1.82) is 0 Å². The van der Waals surface area contributed by atoms with E-state index in [0.717, 1.165) is 26.0 Å². The smallest absolute Gasteiger partial charge is 0.251 e. The highest BCUT2D eigenvalue weighted by Crippen LogP contribution is 2.11. The molecule has 4 heteroatoms. The summed E-state index contributed by atoms with van der Waals surface area (Å²) in [4.78, 5) is 11.9. The molecule has 1 aromatic rings. The summed E-state index contributed by atoms with van der Waals surface area (Å²) in [6, 6.07) is 7.66. The molecule has 0 spiro atoms. The van der Waals surface area contributed by atoms with Crippen LogP contribution in [-0.4, -0.2) is 32.2 Å². The van der Waals surface area contributed by atoms with Crippen LogP contribution in [0.4, 0.5) is 0 Å². The third-order valence-electron chi connectivity index (χ3n) is 3.11. The van der Waals surface area contributed by atoms with Crippen molar-refractivity contribution in [3.05, 3.63) is 35.4 Å². The van der Waals surface area contributed by atoms with Gasteiger partial charge in [0.2, 0.25) is 0 Å². The van der Waals surface area contributed by atoms with Crippen LogP contribution in [0, 0.1) is 0 Å². The Morgan fingerprint density at radius 3 is 2.78 bits per heavy atom. The molecule has 2 N–H and O–H groups in total. The molecule has 1 amide bonds. The molecule has 1 aliphatic rings. The van der Waals surface area contributed by atoms with Gasteiger partial charge >= 0.3 is 0 Å². The molecule has 1 atom stereocenters. The zero-order valence-corrected chi connectivity index (χ0v) is 10.7. The van der Waals surface area contributed by atoms with Crippen LogP contribution in [0.2, 0.25) is 0 Å². The summed E-state index contributed by atoms with van der Waals surface area (Å²) >= 11 is 0. The van der Waals surface area contributed by atoms with Crippen molar-refractivity contribution < 1.29 is 9.53 Å². The van der Waals surface area contributed by atoms with E-state index in [4.69, 9.17) is 4.74 Å². The lowest BCUT2D eigenvalue weighted by atomic mass is 10.1. The maximum absolute atomic E-state index is 11.9. The van der Waals surface area contributed by atoms with Crippen LogP contribution in [0.1, 0.15) is 28.8 Å². The monoisotopic (exact) mass is 248 g/mol. The average molecular weight is 248 g/mol. The molecule has 2 rings (SSSR count). The minimum absolute atomic E-state index is 0.0264. The zero-order valence-electron chi connectivity index (χ0n) is 10.7. The highest BCUT2D eigenvalue weighted by molar-refractivity contribution is 5.94. The van der Waals surface area contributed by atoms with Gasteiger partial charge in [0.15, 0.2) is 0 Å². The Morgan fingerprint density at radius 1 is 1.39 bits per heavy atom. The summed E-state index contributed by atoms with van der Waals surface area (Å²) in [5.41, 5.74) is 1.88. The molecular formula is C14H20N2O2. The molecule has 1 aliphatic heterocycles. The van der Waals surface area contributed by atoms with Gasteiger partial charge < -0.3 is 15.4 Å². The van der Waals surface area contributed by atoms with E-state index < -0.39 is 0 Å². The second-order valence-electron chi connectivity index (χ2n) is 4.57. The van der Waals surface area contributed by atoms with Gasteiger partial charge in [-0.15, -0.1) is 0 Å². The van der Waals surface area contributed by atoms with Gasteiger partial charge in [0.05, 0.1) is 6.10 Å². The average Bonchev–Trinajstić information content (AvgIpc) is 2.90. The molecule has 1 saturated heterocycles. The first-order chi connectivity index (χ1) is 8.79. The summed E-state index contributed by atoms with van der Waals surface area (Å²) in [7, 11) is 1.90. The maximum Gasteiger partial charge on any atom is 0.251 e. The van der Waals surface area contributed by atoms with E-state index in [1.807, 2.05) is 31.3 Å². The molecule has 1 aromatic carbocycles. The van der Waals surface area contributed by atoms with E-state index in [-0.39, 0.29) is 12.0 Å². The normalized spacial score (nSPS) is 18.8. The second kappa shape index (κ2) is 6.52. The lowest BCUT2D eigenvalue weighted by Gasteiger charge is -2.11. The van der Waals surface area contributed by atoms with E-state index >= 15 is 0 Å². The SMILES string of the molecule is CNCc1ccc(C(=O)NCC2CCCO2)cc1. The molecule has 1 unspecified atom stereocenters. The number of amides is 1. The first-order valence-corrected chi connectivity index (χ1v) is 6.43. The number of nitrogens with one attached hydrogen (secondary N) is 2. The van der Waals surface area contributed by atoms with Crippen molar-refractivity contribution in [3.63, 3.8) is 0 Å². The summed E-state index contributed by atoms with van der Waals surface area (Å²) in [5, 5.41) is 5.99. The summed E-state index contributed by atoms with van der Waals surface area (Å²) in [6.07, 6.45) is 2.33. The van der Waals surface area contributed by atoms with Crippen LogP contribution in [0.5, 0.6) is 0 Å².